The lowest BCUT2D eigenvalue weighted by atomic mass is 9.99. The van der Waals surface area contributed by atoms with Crippen molar-refractivity contribution >= 4 is 17.7 Å². The minimum atomic E-state index is -0.516. The number of benzene rings is 2. The van der Waals surface area contributed by atoms with Gasteiger partial charge in [0.15, 0.2) is 0 Å². The molecule has 1 heterocycles. The predicted molar refractivity (Wildman–Crippen MR) is 116 cm³/mol. The quantitative estimate of drug-likeness (QED) is 0.656. The maximum Gasteiger partial charge on any atom is 0.337 e. The van der Waals surface area contributed by atoms with Crippen molar-refractivity contribution in [1.29, 1.82) is 0 Å². The van der Waals surface area contributed by atoms with Gasteiger partial charge < -0.3 is 14.8 Å². The largest absolute Gasteiger partial charge is 0.492 e. The highest BCUT2D eigenvalue weighted by Gasteiger charge is 2.33. The zero-order valence-electron chi connectivity index (χ0n) is 17.9. The zero-order chi connectivity index (χ0) is 22.2. The van der Waals surface area contributed by atoms with Crippen LogP contribution in [-0.2, 0) is 14.3 Å². The van der Waals surface area contributed by atoms with Gasteiger partial charge in [0, 0.05) is 25.9 Å². The summed E-state index contributed by atoms with van der Waals surface area (Å²) in [6, 6.07) is 15.6. The van der Waals surface area contributed by atoms with Gasteiger partial charge in [0.1, 0.15) is 18.1 Å². The molecular formula is C24H28N2O5. The van der Waals surface area contributed by atoms with E-state index in [1.807, 2.05) is 42.2 Å². The molecule has 2 aromatic rings. The van der Waals surface area contributed by atoms with Gasteiger partial charge in [0.05, 0.1) is 24.8 Å². The average Bonchev–Trinajstić information content (AvgIpc) is 2.80. The second kappa shape index (κ2) is 10.7. The first kappa shape index (κ1) is 22.5. The third-order valence-corrected chi connectivity index (χ3v) is 5.42. The Morgan fingerprint density at radius 3 is 2.52 bits per heavy atom. The second-order valence-electron chi connectivity index (χ2n) is 7.55. The van der Waals surface area contributed by atoms with Crippen LogP contribution in [0.5, 0.6) is 5.75 Å². The third-order valence-electron chi connectivity index (χ3n) is 5.42. The third kappa shape index (κ3) is 6.15. The summed E-state index contributed by atoms with van der Waals surface area (Å²) in [5, 5.41) is 3.00. The molecule has 2 aromatic carbocycles. The topological polar surface area (TPSA) is 84.9 Å². The molecule has 0 aromatic heterocycles. The fraction of sp³-hybridized carbons (Fsp3) is 0.375. The number of Topliss-reactive ketones (excluding diaryl/α,β-unsaturated/α-hetero) is 1. The monoisotopic (exact) mass is 424 g/mol. The van der Waals surface area contributed by atoms with Gasteiger partial charge in [-0.3, -0.25) is 14.5 Å². The van der Waals surface area contributed by atoms with Crippen LogP contribution in [0, 0.1) is 0 Å². The smallest absolute Gasteiger partial charge is 0.337 e. The van der Waals surface area contributed by atoms with E-state index in [-0.39, 0.29) is 24.2 Å². The molecule has 1 saturated heterocycles. The van der Waals surface area contributed by atoms with Crippen molar-refractivity contribution in [3.63, 3.8) is 0 Å². The summed E-state index contributed by atoms with van der Waals surface area (Å²) in [7, 11) is 1.33. The molecule has 0 unspecified atom stereocenters. The number of esters is 1. The standard InChI is InChI=1S/C24H28N2O5/c1-17(18-8-10-19(11-9-18)24(29)30-2)25-23(28)22-16-20(27)12-13-26(22)14-15-31-21-6-4-3-5-7-21/h3-11,17,22H,12-16H2,1-2H3,(H,25,28)/t17-,22+/m0/s1. The molecular weight excluding hydrogens is 396 g/mol. The summed E-state index contributed by atoms with van der Waals surface area (Å²) in [5.41, 5.74) is 1.31. The van der Waals surface area contributed by atoms with Crippen LogP contribution in [0.15, 0.2) is 54.6 Å². The molecule has 31 heavy (non-hydrogen) atoms. The molecule has 0 radical (unpaired) electrons. The molecule has 0 saturated carbocycles. The Labute approximate surface area is 182 Å². The number of hydrogen-bond donors (Lipinski definition) is 1. The van der Waals surface area contributed by atoms with E-state index in [2.05, 4.69) is 5.32 Å². The number of ether oxygens (including phenoxy) is 2. The van der Waals surface area contributed by atoms with Gasteiger partial charge >= 0.3 is 5.97 Å². The van der Waals surface area contributed by atoms with E-state index in [0.29, 0.717) is 31.7 Å². The van der Waals surface area contributed by atoms with Gasteiger partial charge in [0.2, 0.25) is 5.91 Å². The second-order valence-corrected chi connectivity index (χ2v) is 7.55. The highest BCUT2D eigenvalue weighted by Crippen LogP contribution is 2.19. The molecule has 164 valence electrons. The number of carbonyl (C=O) groups excluding carboxylic acids is 3. The Balaban J connectivity index is 1.58. The Morgan fingerprint density at radius 2 is 1.84 bits per heavy atom. The molecule has 1 amide bonds. The van der Waals surface area contributed by atoms with Crippen molar-refractivity contribution in [3.8, 4) is 5.75 Å². The minimum Gasteiger partial charge on any atom is -0.492 e. The van der Waals surface area contributed by atoms with Crippen LogP contribution in [0.1, 0.15) is 41.7 Å². The Bertz CT molecular complexity index is 898. The number of ketones is 1. The first-order chi connectivity index (χ1) is 15.0. The van der Waals surface area contributed by atoms with E-state index in [9.17, 15) is 14.4 Å². The van der Waals surface area contributed by atoms with Crippen LogP contribution in [-0.4, -0.2) is 55.4 Å². The molecule has 1 N–H and O–H groups in total. The molecule has 0 spiro atoms. The molecule has 7 nitrogen and oxygen atoms in total. The molecule has 2 atom stereocenters. The van der Waals surface area contributed by atoms with Crippen LogP contribution < -0.4 is 10.1 Å². The van der Waals surface area contributed by atoms with E-state index < -0.39 is 12.0 Å². The van der Waals surface area contributed by atoms with Gasteiger partial charge in [-0.1, -0.05) is 30.3 Å². The fourth-order valence-corrected chi connectivity index (χ4v) is 3.61. The van der Waals surface area contributed by atoms with Gasteiger partial charge in [-0.05, 0) is 36.8 Å². The highest BCUT2D eigenvalue weighted by atomic mass is 16.5. The highest BCUT2D eigenvalue weighted by molar-refractivity contribution is 5.91. The number of amides is 1. The Morgan fingerprint density at radius 1 is 1.13 bits per heavy atom. The van der Waals surface area contributed by atoms with Crippen molar-refractivity contribution in [3.05, 3.63) is 65.7 Å². The number of nitrogens with zero attached hydrogens (tertiary/aromatic N) is 1. The molecule has 1 aliphatic heterocycles. The van der Waals surface area contributed by atoms with Gasteiger partial charge in [-0.15, -0.1) is 0 Å². The summed E-state index contributed by atoms with van der Waals surface area (Å²) in [4.78, 5) is 38.6. The zero-order valence-corrected chi connectivity index (χ0v) is 17.9. The lowest BCUT2D eigenvalue weighted by molar-refractivity contribution is -0.134. The number of hydrogen-bond acceptors (Lipinski definition) is 6. The van der Waals surface area contributed by atoms with Crippen molar-refractivity contribution in [2.45, 2.75) is 31.8 Å². The summed E-state index contributed by atoms with van der Waals surface area (Å²) in [6.07, 6.45) is 0.644. The van der Waals surface area contributed by atoms with Gasteiger partial charge in [-0.25, -0.2) is 4.79 Å². The summed E-state index contributed by atoms with van der Waals surface area (Å²) in [6.45, 7) is 3.41. The average molecular weight is 424 g/mol. The maximum absolute atomic E-state index is 13.0. The maximum atomic E-state index is 13.0. The van der Waals surface area contributed by atoms with Gasteiger partial charge in [-0.2, -0.15) is 0 Å². The van der Waals surface area contributed by atoms with Crippen LogP contribution in [0.3, 0.4) is 0 Å². The fourth-order valence-electron chi connectivity index (χ4n) is 3.61. The number of methoxy groups -OCH3 is 1. The lowest BCUT2D eigenvalue weighted by Crippen LogP contribution is -2.53. The molecule has 7 heteroatoms. The number of rotatable bonds is 8. The predicted octanol–water partition coefficient (Wildman–Crippen LogP) is 2.76. The van der Waals surface area contributed by atoms with Crippen molar-refractivity contribution < 1.29 is 23.9 Å². The lowest BCUT2D eigenvalue weighted by Gasteiger charge is -2.34. The van der Waals surface area contributed by atoms with E-state index in [1.54, 1.807) is 24.3 Å². The molecule has 1 fully saturated rings. The van der Waals surface area contributed by atoms with Gasteiger partial charge in [0.25, 0.3) is 0 Å². The number of para-hydroxylation sites is 1. The number of likely N-dealkylation sites (tertiary alicyclic amines) is 1. The minimum absolute atomic E-state index is 0.0930. The number of piperidine rings is 1. The van der Waals surface area contributed by atoms with Crippen LogP contribution in [0.4, 0.5) is 0 Å². The SMILES string of the molecule is COC(=O)c1ccc([C@H](C)NC(=O)[C@H]2CC(=O)CCN2CCOc2ccccc2)cc1. The van der Waals surface area contributed by atoms with Crippen LogP contribution >= 0.6 is 0 Å². The van der Waals surface area contributed by atoms with Crippen molar-refractivity contribution in [2.24, 2.45) is 0 Å². The first-order valence-electron chi connectivity index (χ1n) is 10.4. The van der Waals surface area contributed by atoms with E-state index in [1.165, 1.54) is 7.11 Å². The molecule has 0 aliphatic carbocycles. The summed E-state index contributed by atoms with van der Waals surface area (Å²) >= 11 is 0. The van der Waals surface area contributed by atoms with E-state index >= 15 is 0 Å². The van der Waals surface area contributed by atoms with Crippen molar-refractivity contribution in [1.82, 2.24) is 10.2 Å². The first-order valence-corrected chi connectivity index (χ1v) is 10.4. The Kier molecular flexibility index (Phi) is 7.78. The van der Waals surface area contributed by atoms with Crippen molar-refractivity contribution in [2.75, 3.05) is 26.8 Å². The van der Waals surface area contributed by atoms with E-state index in [0.717, 1.165) is 11.3 Å². The van der Waals surface area contributed by atoms with Crippen LogP contribution in [0.2, 0.25) is 0 Å². The van der Waals surface area contributed by atoms with Crippen LogP contribution in [0.25, 0.3) is 0 Å². The summed E-state index contributed by atoms with van der Waals surface area (Å²) < 4.78 is 10.5. The summed E-state index contributed by atoms with van der Waals surface area (Å²) in [5.74, 6) is 0.283. The Hall–Kier alpha value is -3.19. The number of nitrogens with one attached hydrogen (secondary N) is 1. The van der Waals surface area contributed by atoms with E-state index in [4.69, 9.17) is 9.47 Å². The molecule has 3 rings (SSSR count). The number of carbonyl (C=O) groups is 3. The molecule has 1 aliphatic rings. The molecule has 0 bridgehead atoms. The normalized spacial score (nSPS) is 17.6.